The highest BCUT2D eigenvalue weighted by Gasteiger charge is 2.32. The van der Waals surface area contributed by atoms with Crippen LogP contribution in [0.25, 0.3) is 0 Å². The Kier molecular flexibility index (Phi) is 6.50. The molecule has 1 atom stereocenters. The molecule has 0 spiro atoms. The van der Waals surface area contributed by atoms with Gasteiger partial charge in [-0.05, 0) is 55.7 Å². The number of hydrogen-bond acceptors (Lipinski definition) is 6. The summed E-state index contributed by atoms with van der Waals surface area (Å²) in [6.07, 6.45) is 8.91. The van der Waals surface area contributed by atoms with Gasteiger partial charge in [0.05, 0.1) is 11.7 Å². The molecule has 2 aliphatic carbocycles. The van der Waals surface area contributed by atoms with Gasteiger partial charge in [-0.15, -0.1) is 0 Å². The van der Waals surface area contributed by atoms with Gasteiger partial charge in [-0.2, -0.15) is 0 Å². The number of aromatic nitrogens is 1. The number of benzene rings is 1. The van der Waals surface area contributed by atoms with E-state index in [1.165, 1.54) is 6.08 Å². The lowest BCUT2D eigenvalue weighted by Crippen LogP contribution is -2.36. The first-order valence-electron chi connectivity index (χ1n) is 11.0. The Hall–Kier alpha value is -2.87. The van der Waals surface area contributed by atoms with E-state index < -0.39 is 15.7 Å². The number of pyridine rings is 1. The number of carbonyl (C=O) groups excluding carboxylic acids is 1. The fourth-order valence-corrected chi connectivity index (χ4v) is 4.60. The molecule has 0 saturated heterocycles. The molecule has 0 aliphatic heterocycles. The number of rotatable bonds is 8. The summed E-state index contributed by atoms with van der Waals surface area (Å²) in [5, 5.41) is 4.04. The van der Waals surface area contributed by atoms with Crippen LogP contribution in [-0.4, -0.2) is 31.6 Å². The number of nitrogen functional groups attached to an aromatic ring is 1. The lowest BCUT2D eigenvalue weighted by Gasteiger charge is -2.19. The lowest BCUT2D eigenvalue weighted by molar-refractivity contribution is 0.0936. The SMILES string of the molecule is CS(=O)(=O)/C=C/[C@@H](NC(=O)c1nc(Oc2ccccc2)c(C2CCCC2)cc1N)C1CC1. The molecular formula is C24H29N3O4S. The first-order valence-corrected chi connectivity index (χ1v) is 13.0. The van der Waals surface area contributed by atoms with Gasteiger partial charge < -0.3 is 15.8 Å². The van der Waals surface area contributed by atoms with Crippen LogP contribution in [0.5, 0.6) is 11.6 Å². The van der Waals surface area contributed by atoms with Crippen molar-refractivity contribution in [3.05, 3.63) is 59.1 Å². The molecule has 3 N–H and O–H groups in total. The summed E-state index contributed by atoms with van der Waals surface area (Å²) in [5.41, 5.74) is 7.59. The molecule has 0 bridgehead atoms. The van der Waals surface area contributed by atoms with Crippen LogP contribution < -0.4 is 15.8 Å². The summed E-state index contributed by atoms with van der Waals surface area (Å²) in [6.45, 7) is 0. The number of para-hydroxylation sites is 1. The van der Waals surface area contributed by atoms with Gasteiger partial charge in [-0.25, -0.2) is 13.4 Å². The molecule has 2 fully saturated rings. The summed E-state index contributed by atoms with van der Waals surface area (Å²) < 4.78 is 29.1. The molecule has 2 saturated carbocycles. The Morgan fingerprint density at radius 2 is 1.88 bits per heavy atom. The molecule has 1 heterocycles. The number of nitrogens with two attached hydrogens (primary N) is 1. The molecule has 1 amide bonds. The van der Waals surface area contributed by atoms with Gasteiger partial charge in [0.1, 0.15) is 5.75 Å². The quantitative estimate of drug-likeness (QED) is 0.618. The number of anilines is 1. The Labute approximate surface area is 189 Å². The normalized spacial score (nSPS) is 18.0. The van der Waals surface area contributed by atoms with Crippen LogP contribution in [0.1, 0.15) is 60.5 Å². The highest BCUT2D eigenvalue weighted by molar-refractivity contribution is 7.93. The van der Waals surface area contributed by atoms with E-state index in [-0.39, 0.29) is 17.7 Å². The van der Waals surface area contributed by atoms with E-state index in [4.69, 9.17) is 10.5 Å². The zero-order valence-electron chi connectivity index (χ0n) is 18.2. The number of sulfone groups is 1. The monoisotopic (exact) mass is 455 g/mol. The number of amides is 1. The highest BCUT2D eigenvalue weighted by atomic mass is 32.2. The van der Waals surface area contributed by atoms with E-state index in [0.717, 1.165) is 55.8 Å². The van der Waals surface area contributed by atoms with E-state index >= 15 is 0 Å². The third-order valence-corrected chi connectivity index (χ3v) is 6.62. The summed E-state index contributed by atoms with van der Waals surface area (Å²) in [5.74, 6) is 1.13. The van der Waals surface area contributed by atoms with Crippen LogP contribution in [0.3, 0.4) is 0 Å². The van der Waals surface area contributed by atoms with E-state index in [1.54, 1.807) is 0 Å². The second kappa shape index (κ2) is 9.32. The number of carbonyl (C=O) groups is 1. The lowest BCUT2D eigenvalue weighted by atomic mass is 9.97. The number of ether oxygens (including phenoxy) is 1. The number of nitrogens with zero attached hydrogens (tertiary/aromatic N) is 1. The van der Waals surface area contributed by atoms with E-state index in [2.05, 4.69) is 10.3 Å². The van der Waals surface area contributed by atoms with Gasteiger partial charge in [-0.1, -0.05) is 37.1 Å². The average Bonchev–Trinajstić information content (AvgIpc) is 3.45. The fourth-order valence-electron chi connectivity index (χ4n) is 4.15. The molecule has 1 aromatic carbocycles. The molecular weight excluding hydrogens is 426 g/mol. The molecule has 7 nitrogen and oxygen atoms in total. The number of nitrogens with one attached hydrogen (secondary N) is 1. The first kappa shape index (κ1) is 22.3. The van der Waals surface area contributed by atoms with Gasteiger partial charge in [0.25, 0.3) is 5.91 Å². The van der Waals surface area contributed by atoms with Gasteiger partial charge in [-0.3, -0.25) is 4.79 Å². The van der Waals surface area contributed by atoms with Crippen LogP contribution in [0.15, 0.2) is 47.9 Å². The van der Waals surface area contributed by atoms with Crippen molar-refractivity contribution in [3.63, 3.8) is 0 Å². The minimum Gasteiger partial charge on any atom is -0.439 e. The maximum atomic E-state index is 13.1. The minimum absolute atomic E-state index is 0.0936. The van der Waals surface area contributed by atoms with Crippen LogP contribution in [0.2, 0.25) is 0 Å². The van der Waals surface area contributed by atoms with Gasteiger partial charge >= 0.3 is 0 Å². The Balaban J connectivity index is 1.63. The minimum atomic E-state index is -3.28. The molecule has 8 heteroatoms. The molecule has 2 aliphatic rings. The predicted molar refractivity (Wildman–Crippen MR) is 124 cm³/mol. The van der Waals surface area contributed by atoms with Crippen molar-refractivity contribution < 1.29 is 17.9 Å². The summed E-state index contributed by atoms with van der Waals surface area (Å²) >= 11 is 0. The van der Waals surface area contributed by atoms with Crippen LogP contribution in [0, 0.1) is 5.92 Å². The summed E-state index contributed by atoms with van der Waals surface area (Å²) in [7, 11) is -3.28. The van der Waals surface area contributed by atoms with Crippen molar-refractivity contribution in [3.8, 4) is 11.6 Å². The third-order valence-electron chi connectivity index (χ3n) is 5.97. The molecule has 32 heavy (non-hydrogen) atoms. The van der Waals surface area contributed by atoms with Gasteiger partial charge in [0.15, 0.2) is 15.5 Å². The zero-order valence-corrected chi connectivity index (χ0v) is 19.0. The van der Waals surface area contributed by atoms with Crippen molar-refractivity contribution in [1.82, 2.24) is 10.3 Å². The summed E-state index contributed by atoms with van der Waals surface area (Å²) in [6, 6.07) is 10.8. The molecule has 1 aromatic heterocycles. The van der Waals surface area contributed by atoms with Crippen molar-refractivity contribution in [2.45, 2.75) is 50.5 Å². The van der Waals surface area contributed by atoms with Gasteiger partial charge in [0.2, 0.25) is 5.88 Å². The van der Waals surface area contributed by atoms with Crippen LogP contribution >= 0.6 is 0 Å². The standard InChI is InChI=1S/C24H29N3O4S/c1-32(29,30)14-13-21(17-11-12-17)26-23(28)22-20(25)15-19(16-7-5-6-8-16)24(27-22)31-18-9-3-2-4-10-18/h2-4,9-10,13-17,21H,5-8,11-12,25H2,1H3,(H,26,28)/b14-13+/t21-/m1/s1. The molecule has 0 radical (unpaired) electrons. The molecule has 0 unspecified atom stereocenters. The Morgan fingerprint density at radius 1 is 1.19 bits per heavy atom. The molecule has 170 valence electrons. The van der Waals surface area contributed by atoms with Crippen LogP contribution in [-0.2, 0) is 9.84 Å². The maximum absolute atomic E-state index is 13.1. The van der Waals surface area contributed by atoms with Crippen molar-refractivity contribution in [1.29, 1.82) is 0 Å². The van der Waals surface area contributed by atoms with E-state index in [1.807, 2.05) is 36.4 Å². The van der Waals surface area contributed by atoms with Crippen molar-refractivity contribution in [2.75, 3.05) is 12.0 Å². The maximum Gasteiger partial charge on any atom is 0.272 e. The first-order chi connectivity index (χ1) is 15.3. The molecule has 4 rings (SSSR count). The van der Waals surface area contributed by atoms with E-state index in [9.17, 15) is 13.2 Å². The second-order valence-corrected chi connectivity index (χ2v) is 10.6. The largest absolute Gasteiger partial charge is 0.439 e. The predicted octanol–water partition coefficient (Wildman–Crippen LogP) is 4.18. The third kappa shape index (κ3) is 5.68. The van der Waals surface area contributed by atoms with E-state index in [0.29, 0.717) is 23.2 Å². The zero-order chi connectivity index (χ0) is 22.7. The average molecular weight is 456 g/mol. The van der Waals surface area contributed by atoms with Crippen molar-refractivity contribution >= 4 is 21.4 Å². The highest BCUT2D eigenvalue weighted by Crippen LogP contribution is 2.41. The fraction of sp³-hybridized carbons (Fsp3) is 0.417. The second-order valence-electron chi connectivity index (χ2n) is 8.71. The Bertz CT molecular complexity index is 1110. The number of hydrogen-bond donors (Lipinski definition) is 2. The van der Waals surface area contributed by atoms with Crippen LogP contribution in [0.4, 0.5) is 5.69 Å². The van der Waals surface area contributed by atoms with Gasteiger partial charge in [0, 0.05) is 17.2 Å². The smallest absolute Gasteiger partial charge is 0.272 e. The molecule has 2 aromatic rings. The Morgan fingerprint density at radius 3 is 2.50 bits per heavy atom. The topological polar surface area (TPSA) is 111 Å². The van der Waals surface area contributed by atoms with Crippen molar-refractivity contribution in [2.24, 2.45) is 5.92 Å². The summed E-state index contributed by atoms with van der Waals surface area (Å²) in [4.78, 5) is 17.6.